The first-order valence-electron chi connectivity index (χ1n) is 7.54. The van der Waals surface area contributed by atoms with Crippen molar-refractivity contribution in [1.29, 1.82) is 0 Å². The molecule has 0 bridgehead atoms. The SMILES string of the molecule is Cc1ccc(CCC(C)CCc2ccc(Cl)c(F)c2)cc1. The second-order valence-corrected chi connectivity index (χ2v) is 6.32. The van der Waals surface area contributed by atoms with Crippen molar-refractivity contribution >= 4 is 11.6 Å². The van der Waals surface area contributed by atoms with E-state index in [-0.39, 0.29) is 10.8 Å². The lowest BCUT2D eigenvalue weighted by molar-refractivity contribution is 0.492. The minimum atomic E-state index is -0.318. The van der Waals surface area contributed by atoms with E-state index in [1.807, 2.05) is 6.07 Å². The summed E-state index contributed by atoms with van der Waals surface area (Å²) in [5, 5.41) is 0.200. The van der Waals surface area contributed by atoms with E-state index in [0.29, 0.717) is 5.92 Å². The molecule has 2 aromatic rings. The van der Waals surface area contributed by atoms with Gasteiger partial charge in [-0.1, -0.05) is 54.4 Å². The van der Waals surface area contributed by atoms with Crippen LogP contribution in [0.5, 0.6) is 0 Å². The fraction of sp³-hybridized carbons (Fsp3) is 0.368. The van der Waals surface area contributed by atoms with Gasteiger partial charge in [0.1, 0.15) is 5.82 Å². The van der Waals surface area contributed by atoms with Crippen LogP contribution in [0.3, 0.4) is 0 Å². The molecule has 0 amide bonds. The van der Waals surface area contributed by atoms with Gasteiger partial charge < -0.3 is 0 Å². The molecule has 0 aromatic heterocycles. The highest BCUT2D eigenvalue weighted by molar-refractivity contribution is 6.30. The summed E-state index contributed by atoms with van der Waals surface area (Å²) in [4.78, 5) is 0. The van der Waals surface area contributed by atoms with Crippen molar-refractivity contribution in [3.05, 3.63) is 70.0 Å². The number of benzene rings is 2. The summed E-state index contributed by atoms with van der Waals surface area (Å²) in [7, 11) is 0. The van der Waals surface area contributed by atoms with Crippen molar-refractivity contribution in [3.63, 3.8) is 0 Å². The number of hydrogen-bond acceptors (Lipinski definition) is 0. The number of hydrogen-bond donors (Lipinski definition) is 0. The molecule has 2 aromatic carbocycles. The van der Waals surface area contributed by atoms with Gasteiger partial charge in [0, 0.05) is 0 Å². The minimum absolute atomic E-state index is 0.200. The van der Waals surface area contributed by atoms with Gasteiger partial charge in [0.15, 0.2) is 0 Å². The van der Waals surface area contributed by atoms with E-state index in [1.54, 1.807) is 12.1 Å². The lowest BCUT2D eigenvalue weighted by atomic mass is 9.94. The van der Waals surface area contributed by atoms with Crippen LogP contribution in [0, 0.1) is 18.7 Å². The van der Waals surface area contributed by atoms with Gasteiger partial charge in [-0.05, 0) is 61.8 Å². The predicted octanol–water partition coefficient (Wildman–Crippen LogP) is 5.99. The molecule has 0 spiro atoms. The molecule has 0 aliphatic heterocycles. The molecule has 1 atom stereocenters. The molecule has 0 saturated heterocycles. The quantitative estimate of drug-likeness (QED) is 0.615. The second-order valence-electron chi connectivity index (χ2n) is 5.92. The highest BCUT2D eigenvalue weighted by Crippen LogP contribution is 2.19. The molecule has 0 aliphatic rings. The summed E-state index contributed by atoms with van der Waals surface area (Å²) in [5.74, 6) is 0.312. The van der Waals surface area contributed by atoms with Crippen LogP contribution in [0.25, 0.3) is 0 Å². The maximum Gasteiger partial charge on any atom is 0.142 e. The fourth-order valence-electron chi connectivity index (χ4n) is 2.42. The van der Waals surface area contributed by atoms with Crippen LogP contribution >= 0.6 is 11.6 Å². The van der Waals surface area contributed by atoms with Crippen molar-refractivity contribution in [3.8, 4) is 0 Å². The monoisotopic (exact) mass is 304 g/mol. The molecule has 1 unspecified atom stereocenters. The zero-order valence-corrected chi connectivity index (χ0v) is 13.5. The van der Waals surface area contributed by atoms with Gasteiger partial charge >= 0.3 is 0 Å². The molecular weight excluding hydrogens is 283 g/mol. The van der Waals surface area contributed by atoms with Crippen molar-refractivity contribution in [2.45, 2.75) is 39.5 Å². The van der Waals surface area contributed by atoms with E-state index in [9.17, 15) is 4.39 Å². The molecule has 0 saturated carbocycles. The Kier molecular flexibility index (Phi) is 5.81. The second kappa shape index (κ2) is 7.61. The van der Waals surface area contributed by atoms with Crippen LogP contribution in [-0.4, -0.2) is 0 Å². The average molecular weight is 305 g/mol. The highest BCUT2D eigenvalue weighted by atomic mass is 35.5. The molecule has 0 radical (unpaired) electrons. The maximum absolute atomic E-state index is 13.4. The Hall–Kier alpha value is -1.34. The number of aryl methyl sites for hydroxylation is 3. The lowest BCUT2D eigenvalue weighted by Crippen LogP contribution is -2.00. The first-order chi connectivity index (χ1) is 10.0. The Balaban J connectivity index is 1.77. The fourth-order valence-corrected chi connectivity index (χ4v) is 2.54. The summed E-state index contributed by atoms with van der Waals surface area (Å²) >= 11 is 5.70. The summed E-state index contributed by atoms with van der Waals surface area (Å²) in [6.07, 6.45) is 4.26. The molecule has 2 heteroatoms. The standard InChI is InChI=1S/C19H22ClF/c1-14-3-7-16(8-4-14)9-5-15(2)6-10-17-11-12-18(20)19(21)13-17/h3-4,7-8,11-13,15H,5-6,9-10H2,1-2H3. The lowest BCUT2D eigenvalue weighted by Gasteiger charge is -2.11. The van der Waals surface area contributed by atoms with Gasteiger partial charge in [0.25, 0.3) is 0 Å². The molecule has 0 N–H and O–H groups in total. The Bertz CT molecular complexity index is 575. The molecule has 0 fully saturated rings. The van der Waals surface area contributed by atoms with E-state index in [0.717, 1.165) is 24.8 Å². The summed E-state index contributed by atoms with van der Waals surface area (Å²) < 4.78 is 13.4. The van der Waals surface area contributed by atoms with E-state index < -0.39 is 0 Å². The number of halogens is 2. The predicted molar refractivity (Wildman–Crippen MR) is 88.4 cm³/mol. The molecule has 0 nitrogen and oxygen atoms in total. The Morgan fingerprint density at radius 2 is 1.52 bits per heavy atom. The van der Waals surface area contributed by atoms with Crippen LogP contribution < -0.4 is 0 Å². The van der Waals surface area contributed by atoms with Crippen molar-refractivity contribution in [2.24, 2.45) is 5.92 Å². The third-order valence-corrected chi connectivity index (χ3v) is 4.26. The molecule has 0 aliphatic carbocycles. The third kappa shape index (κ3) is 5.17. The molecular formula is C19H22ClF. The van der Waals surface area contributed by atoms with E-state index in [4.69, 9.17) is 11.6 Å². The van der Waals surface area contributed by atoms with Crippen LogP contribution in [0.4, 0.5) is 4.39 Å². The zero-order valence-electron chi connectivity index (χ0n) is 12.7. The molecule has 0 heterocycles. The molecule has 112 valence electrons. The van der Waals surface area contributed by atoms with Gasteiger partial charge in [0.2, 0.25) is 0 Å². The van der Waals surface area contributed by atoms with Gasteiger partial charge in [0.05, 0.1) is 5.02 Å². The zero-order chi connectivity index (χ0) is 15.2. The normalized spacial score (nSPS) is 12.4. The minimum Gasteiger partial charge on any atom is -0.205 e. The average Bonchev–Trinajstić information content (AvgIpc) is 2.48. The van der Waals surface area contributed by atoms with Crippen molar-refractivity contribution in [1.82, 2.24) is 0 Å². The van der Waals surface area contributed by atoms with Gasteiger partial charge in [-0.2, -0.15) is 0 Å². The van der Waals surface area contributed by atoms with Crippen LogP contribution in [0.1, 0.15) is 36.5 Å². The van der Waals surface area contributed by atoms with Gasteiger partial charge in [-0.3, -0.25) is 0 Å². The Morgan fingerprint density at radius 1 is 0.952 bits per heavy atom. The highest BCUT2D eigenvalue weighted by Gasteiger charge is 2.06. The molecule has 2 rings (SSSR count). The van der Waals surface area contributed by atoms with Gasteiger partial charge in [-0.15, -0.1) is 0 Å². The van der Waals surface area contributed by atoms with E-state index in [2.05, 4.69) is 38.1 Å². The summed E-state index contributed by atoms with van der Waals surface area (Å²) in [6.45, 7) is 4.37. The van der Waals surface area contributed by atoms with Crippen LogP contribution in [0.15, 0.2) is 42.5 Å². The Morgan fingerprint density at radius 3 is 2.14 bits per heavy atom. The topological polar surface area (TPSA) is 0 Å². The third-order valence-electron chi connectivity index (χ3n) is 3.96. The van der Waals surface area contributed by atoms with E-state index in [1.165, 1.54) is 17.5 Å². The summed E-state index contributed by atoms with van der Waals surface area (Å²) in [5.41, 5.74) is 3.72. The first kappa shape index (κ1) is 16.0. The summed E-state index contributed by atoms with van der Waals surface area (Å²) in [6, 6.07) is 13.8. The maximum atomic E-state index is 13.4. The largest absolute Gasteiger partial charge is 0.205 e. The smallest absolute Gasteiger partial charge is 0.142 e. The van der Waals surface area contributed by atoms with Crippen LogP contribution in [-0.2, 0) is 12.8 Å². The van der Waals surface area contributed by atoms with Crippen molar-refractivity contribution in [2.75, 3.05) is 0 Å². The number of rotatable bonds is 6. The first-order valence-corrected chi connectivity index (χ1v) is 7.92. The Labute approximate surface area is 132 Å². The van der Waals surface area contributed by atoms with Crippen LogP contribution in [0.2, 0.25) is 5.02 Å². The van der Waals surface area contributed by atoms with Gasteiger partial charge in [-0.25, -0.2) is 4.39 Å². The van der Waals surface area contributed by atoms with Crippen molar-refractivity contribution < 1.29 is 4.39 Å². The van der Waals surface area contributed by atoms with E-state index >= 15 is 0 Å². The molecule has 21 heavy (non-hydrogen) atoms.